The number of benzene rings is 2. The van der Waals surface area contributed by atoms with Crippen molar-refractivity contribution < 1.29 is 19.4 Å². The molecule has 1 atom stereocenters. The van der Waals surface area contributed by atoms with E-state index in [0.29, 0.717) is 12.5 Å². The second-order valence-electron chi connectivity index (χ2n) is 7.03. The fourth-order valence-electron chi connectivity index (χ4n) is 3.42. The molecular weight excluding hydrogens is 316 g/mol. The third kappa shape index (κ3) is 3.27. The van der Waals surface area contributed by atoms with Crippen molar-refractivity contribution in [2.45, 2.75) is 24.7 Å². The van der Waals surface area contributed by atoms with Crippen molar-refractivity contribution >= 4 is 5.97 Å². The summed E-state index contributed by atoms with van der Waals surface area (Å²) in [5.74, 6) is 0.627. The quantitative estimate of drug-likeness (QED) is 0.868. The van der Waals surface area contributed by atoms with Crippen LogP contribution >= 0.6 is 0 Å². The molecule has 1 aliphatic heterocycles. The van der Waals surface area contributed by atoms with Gasteiger partial charge in [0.1, 0.15) is 5.75 Å². The summed E-state index contributed by atoms with van der Waals surface area (Å²) in [5, 5.41) is 9.48. The molecule has 1 heterocycles. The molecule has 1 unspecified atom stereocenters. The fourth-order valence-corrected chi connectivity index (χ4v) is 3.42. The maximum atomic E-state index is 11.5. The molecule has 0 radical (unpaired) electrons. The van der Waals surface area contributed by atoms with Gasteiger partial charge in [-0.2, -0.15) is 0 Å². The predicted octanol–water partition coefficient (Wildman–Crippen LogP) is 3.89. The lowest BCUT2D eigenvalue weighted by atomic mass is 9.93. The van der Waals surface area contributed by atoms with Crippen LogP contribution in [0.15, 0.2) is 48.5 Å². The van der Waals surface area contributed by atoms with Crippen molar-refractivity contribution in [1.82, 2.24) is 0 Å². The second kappa shape index (κ2) is 6.52. The van der Waals surface area contributed by atoms with Crippen molar-refractivity contribution in [3.8, 4) is 16.9 Å². The Morgan fingerprint density at radius 2 is 1.96 bits per heavy atom. The number of hydrogen-bond donors (Lipinski definition) is 1. The second-order valence-corrected chi connectivity index (χ2v) is 7.03. The van der Waals surface area contributed by atoms with Gasteiger partial charge >= 0.3 is 5.97 Å². The van der Waals surface area contributed by atoms with Gasteiger partial charge in [-0.15, -0.1) is 0 Å². The minimum atomic E-state index is -0.718. The molecule has 0 amide bonds. The summed E-state index contributed by atoms with van der Waals surface area (Å²) in [7, 11) is 0. The highest BCUT2D eigenvalue weighted by Gasteiger charge is 2.51. The van der Waals surface area contributed by atoms with E-state index in [0.717, 1.165) is 54.9 Å². The van der Waals surface area contributed by atoms with Gasteiger partial charge < -0.3 is 14.6 Å². The highest BCUT2D eigenvalue weighted by Crippen LogP contribution is 2.49. The molecule has 2 aromatic carbocycles. The van der Waals surface area contributed by atoms with Gasteiger partial charge in [0.25, 0.3) is 0 Å². The summed E-state index contributed by atoms with van der Waals surface area (Å²) in [6, 6.07) is 15.9. The van der Waals surface area contributed by atoms with Gasteiger partial charge in [0.15, 0.2) is 0 Å². The molecule has 2 aromatic rings. The van der Waals surface area contributed by atoms with E-state index in [1.54, 1.807) is 0 Å². The maximum Gasteiger partial charge on any atom is 0.314 e. The van der Waals surface area contributed by atoms with Crippen LogP contribution in [-0.2, 0) is 14.9 Å². The number of carboxylic acid groups (broad SMARTS) is 1. The van der Waals surface area contributed by atoms with E-state index in [9.17, 15) is 9.90 Å². The number of carboxylic acids is 1. The lowest BCUT2D eigenvalue weighted by Gasteiger charge is -2.13. The van der Waals surface area contributed by atoms with Crippen molar-refractivity contribution in [1.29, 1.82) is 0 Å². The van der Waals surface area contributed by atoms with E-state index in [1.165, 1.54) is 0 Å². The number of rotatable bonds is 6. The predicted molar refractivity (Wildman–Crippen MR) is 94.8 cm³/mol. The molecule has 130 valence electrons. The standard InChI is InChI=1S/C21H22O4/c22-20(23)21(9-10-21)18-3-1-2-17(12-18)16-4-6-19(7-5-16)25-14-15-8-11-24-13-15/h1-7,12,15H,8-11,13-14H2,(H,22,23). The van der Waals surface area contributed by atoms with Crippen LogP contribution in [0.3, 0.4) is 0 Å². The molecule has 4 nitrogen and oxygen atoms in total. The molecule has 4 heteroatoms. The third-order valence-electron chi connectivity index (χ3n) is 5.27. The monoisotopic (exact) mass is 338 g/mol. The Kier molecular flexibility index (Phi) is 4.22. The highest BCUT2D eigenvalue weighted by molar-refractivity contribution is 5.85. The van der Waals surface area contributed by atoms with E-state index in [-0.39, 0.29) is 0 Å². The molecule has 2 fully saturated rings. The topological polar surface area (TPSA) is 55.8 Å². The molecule has 4 rings (SSSR count). The molecular formula is C21H22O4. The summed E-state index contributed by atoms with van der Waals surface area (Å²) >= 11 is 0. The molecule has 1 aliphatic carbocycles. The Morgan fingerprint density at radius 1 is 1.16 bits per heavy atom. The Bertz CT molecular complexity index is 756. The van der Waals surface area contributed by atoms with E-state index in [4.69, 9.17) is 9.47 Å². The average Bonchev–Trinajstić information content (AvgIpc) is 3.31. The number of hydrogen-bond acceptors (Lipinski definition) is 3. The zero-order valence-corrected chi connectivity index (χ0v) is 14.1. The summed E-state index contributed by atoms with van der Waals surface area (Å²) in [4.78, 5) is 11.5. The summed E-state index contributed by atoms with van der Waals surface area (Å²) < 4.78 is 11.2. The van der Waals surface area contributed by atoms with Crippen LogP contribution in [0.2, 0.25) is 0 Å². The molecule has 1 saturated carbocycles. The molecule has 1 N–H and O–H groups in total. The Hall–Kier alpha value is -2.33. The zero-order valence-electron chi connectivity index (χ0n) is 14.1. The average molecular weight is 338 g/mol. The van der Waals surface area contributed by atoms with Gasteiger partial charge in [-0.3, -0.25) is 4.79 Å². The van der Waals surface area contributed by atoms with Crippen LogP contribution in [0, 0.1) is 5.92 Å². The van der Waals surface area contributed by atoms with E-state index < -0.39 is 11.4 Å². The van der Waals surface area contributed by atoms with Crippen LogP contribution in [0.5, 0.6) is 5.75 Å². The normalized spacial score (nSPS) is 21.0. The summed E-state index contributed by atoms with van der Waals surface area (Å²) in [5.41, 5.74) is 2.35. The maximum absolute atomic E-state index is 11.5. The first-order chi connectivity index (χ1) is 12.2. The first-order valence-electron chi connectivity index (χ1n) is 8.82. The Balaban J connectivity index is 1.47. The van der Waals surface area contributed by atoms with Crippen molar-refractivity contribution in [3.05, 3.63) is 54.1 Å². The number of aliphatic carboxylic acids is 1. The SMILES string of the molecule is O=C(O)C1(c2cccc(-c3ccc(OCC4CCOC4)cc3)c2)CC1. The fraction of sp³-hybridized carbons (Fsp3) is 0.381. The minimum Gasteiger partial charge on any atom is -0.493 e. The highest BCUT2D eigenvalue weighted by atomic mass is 16.5. The smallest absolute Gasteiger partial charge is 0.314 e. The van der Waals surface area contributed by atoms with E-state index in [1.807, 2.05) is 48.5 Å². The van der Waals surface area contributed by atoms with Crippen molar-refractivity contribution in [3.63, 3.8) is 0 Å². The molecule has 2 aliphatic rings. The Labute approximate surface area is 147 Å². The lowest BCUT2D eigenvalue weighted by molar-refractivity contribution is -0.140. The van der Waals surface area contributed by atoms with Crippen LogP contribution in [0.1, 0.15) is 24.8 Å². The first-order valence-corrected chi connectivity index (χ1v) is 8.82. The van der Waals surface area contributed by atoms with Gasteiger partial charge in [-0.1, -0.05) is 36.4 Å². The van der Waals surface area contributed by atoms with Crippen LogP contribution in [0.25, 0.3) is 11.1 Å². The lowest BCUT2D eigenvalue weighted by Crippen LogP contribution is -2.19. The van der Waals surface area contributed by atoms with Crippen molar-refractivity contribution in [2.75, 3.05) is 19.8 Å². The molecule has 0 bridgehead atoms. The number of ether oxygens (including phenoxy) is 2. The van der Waals surface area contributed by atoms with E-state index >= 15 is 0 Å². The van der Waals surface area contributed by atoms with Crippen LogP contribution in [0.4, 0.5) is 0 Å². The zero-order chi connectivity index (χ0) is 17.3. The third-order valence-corrected chi connectivity index (χ3v) is 5.27. The van der Waals surface area contributed by atoms with Crippen molar-refractivity contribution in [2.24, 2.45) is 5.92 Å². The van der Waals surface area contributed by atoms with Crippen LogP contribution < -0.4 is 4.74 Å². The van der Waals surface area contributed by atoms with Gasteiger partial charge in [0.2, 0.25) is 0 Å². The van der Waals surface area contributed by atoms with Gasteiger partial charge in [-0.25, -0.2) is 0 Å². The van der Waals surface area contributed by atoms with Crippen LogP contribution in [-0.4, -0.2) is 30.9 Å². The molecule has 25 heavy (non-hydrogen) atoms. The van der Waals surface area contributed by atoms with Gasteiger partial charge in [0, 0.05) is 12.5 Å². The first kappa shape index (κ1) is 16.2. The Morgan fingerprint density at radius 3 is 2.60 bits per heavy atom. The van der Waals surface area contributed by atoms with Gasteiger partial charge in [0.05, 0.1) is 18.6 Å². The van der Waals surface area contributed by atoms with E-state index in [2.05, 4.69) is 0 Å². The molecule has 1 saturated heterocycles. The molecule has 0 spiro atoms. The summed E-state index contributed by atoms with van der Waals surface area (Å²) in [6.07, 6.45) is 2.52. The van der Waals surface area contributed by atoms with Gasteiger partial charge in [-0.05, 0) is 48.1 Å². The summed E-state index contributed by atoms with van der Waals surface area (Å²) in [6.45, 7) is 2.31. The largest absolute Gasteiger partial charge is 0.493 e. The minimum absolute atomic E-state index is 0.488. The number of carbonyl (C=O) groups is 1. The molecule has 0 aromatic heterocycles.